The minimum atomic E-state index is -0.793. The van der Waals surface area contributed by atoms with Gasteiger partial charge in [-0.15, -0.1) is 0 Å². The maximum absolute atomic E-state index is 12.0. The number of amides is 1. The van der Waals surface area contributed by atoms with Gasteiger partial charge in [0.1, 0.15) is 12.3 Å². The molecule has 0 spiro atoms. The molecule has 0 aromatic heterocycles. The van der Waals surface area contributed by atoms with E-state index in [0.29, 0.717) is 18.5 Å². The van der Waals surface area contributed by atoms with Crippen molar-refractivity contribution in [2.24, 2.45) is 0 Å². The number of ether oxygens (including phenoxy) is 1. The number of hydrogen-bond donors (Lipinski definition) is 0. The SMILES string of the molecule is C=CC(COC(=O)C(=C)C)(N(C)C)N1CCCC1=O. The standard InChI is InChI=1S/C14H22N2O3/c1-6-14(15(4)5,10-19-13(18)11(2)3)16-9-7-8-12(16)17/h6H,1-2,7-10H2,3-5H3. The van der Waals surface area contributed by atoms with E-state index in [1.807, 2.05) is 19.0 Å². The van der Waals surface area contributed by atoms with Gasteiger partial charge in [-0.25, -0.2) is 4.79 Å². The third-order valence-corrected chi connectivity index (χ3v) is 3.41. The predicted molar refractivity (Wildman–Crippen MR) is 73.3 cm³/mol. The smallest absolute Gasteiger partial charge is 0.333 e. The van der Waals surface area contributed by atoms with Crippen molar-refractivity contribution in [3.05, 3.63) is 24.8 Å². The second kappa shape index (κ2) is 6.02. The summed E-state index contributed by atoms with van der Waals surface area (Å²) in [6.45, 7) is 9.65. The summed E-state index contributed by atoms with van der Waals surface area (Å²) in [7, 11) is 3.67. The molecule has 0 N–H and O–H groups in total. The lowest BCUT2D eigenvalue weighted by molar-refractivity contribution is -0.153. The Morgan fingerprint density at radius 1 is 1.58 bits per heavy atom. The number of rotatable bonds is 6. The number of likely N-dealkylation sites (tertiary alicyclic amines) is 1. The Balaban J connectivity index is 2.93. The topological polar surface area (TPSA) is 49.9 Å². The van der Waals surface area contributed by atoms with Gasteiger partial charge in [-0.3, -0.25) is 9.69 Å². The van der Waals surface area contributed by atoms with Gasteiger partial charge in [-0.1, -0.05) is 13.2 Å². The van der Waals surface area contributed by atoms with E-state index in [1.165, 1.54) is 0 Å². The number of likely N-dealkylation sites (N-methyl/N-ethyl adjacent to an activating group) is 1. The van der Waals surface area contributed by atoms with Gasteiger partial charge >= 0.3 is 5.97 Å². The van der Waals surface area contributed by atoms with Crippen LogP contribution in [0.15, 0.2) is 24.8 Å². The summed E-state index contributed by atoms with van der Waals surface area (Å²) >= 11 is 0. The zero-order valence-corrected chi connectivity index (χ0v) is 11.9. The van der Waals surface area contributed by atoms with Gasteiger partial charge in [0.25, 0.3) is 0 Å². The lowest BCUT2D eigenvalue weighted by Crippen LogP contribution is -2.60. The Bertz CT molecular complexity index is 403. The normalized spacial score (nSPS) is 18.3. The fraction of sp³-hybridized carbons (Fsp3) is 0.571. The largest absolute Gasteiger partial charge is 0.458 e. The van der Waals surface area contributed by atoms with E-state index in [4.69, 9.17) is 4.74 Å². The first-order valence-electron chi connectivity index (χ1n) is 6.29. The molecular weight excluding hydrogens is 244 g/mol. The van der Waals surface area contributed by atoms with Crippen molar-refractivity contribution in [3.63, 3.8) is 0 Å². The van der Waals surface area contributed by atoms with Crippen LogP contribution in [0, 0.1) is 0 Å². The number of carbonyl (C=O) groups excluding carboxylic acids is 2. The number of nitrogens with zero attached hydrogens (tertiary/aromatic N) is 2. The van der Waals surface area contributed by atoms with Crippen LogP contribution < -0.4 is 0 Å². The first kappa shape index (κ1) is 15.4. The van der Waals surface area contributed by atoms with Gasteiger partial charge in [0.2, 0.25) is 5.91 Å². The van der Waals surface area contributed by atoms with Crippen molar-refractivity contribution in [2.75, 3.05) is 27.2 Å². The summed E-state index contributed by atoms with van der Waals surface area (Å²) in [6, 6.07) is 0. The monoisotopic (exact) mass is 266 g/mol. The minimum Gasteiger partial charge on any atom is -0.458 e. The minimum absolute atomic E-state index is 0.0555. The second-order valence-electron chi connectivity index (χ2n) is 4.98. The number of hydrogen-bond acceptors (Lipinski definition) is 4. The highest BCUT2D eigenvalue weighted by Crippen LogP contribution is 2.26. The van der Waals surface area contributed by atoms with Gasteiger partial charge in [0.05, 0.1) is 0 Å². The van der Waals surface area contributed by atoms with Crippen LogP contribution in [-0.2, 0) is 14.3 Å². The molecule has 1 unspecified atom stereocenters. The van der Waals surface area contributed by atoms with Gasteiger partial charge in [-0.05, 0) is 33.5 Å². The van der Waals surface area contributed by atoms with Gasteiger partial charge in [0, 0.05) is 18.5 Å². The summed E-state index contributed by atoms with van der Waals surface area (Å²) < 4.78 is 5.24. The average Bonchev–Trinajstić information content (AvgIpc) is 2.77. The third-order valence-electron chi connectivity index (χ3n) is 3.41. The molecule has 0 aliphatic carbocycles. The van der Waals surface area contributed by atoms with E-state index in [-0.39, 0.29) is 12.5 Å². The zero-order valence-electron chi connectivity index (χ0n) is 11.9. The summed E-state index contributed by atoms with van der Waals surface area (Å²) in [5.41, 5.74) is -0.455. The van der Waals surface area contributed by atoms with Crippen molar-refractivity contribution in [1.29, 1.82) is 0 Å². The molecule has 1 aliphatic heterocycles. The van der Waals surface area contributed by atoms with Gasteiger partial charge in [0.15, 0.2) is 0 Å². The molecule has 1 rings (SSSR count). The highest BCUT2D eigenvalue weighted by Gasteiger charge is 2.42. The van der Waals surface area contributed by atoms with E-state index in [0.717, 1.165) is 6.42 Å². The van der Waals surface area contributed by atoms with Crippen LogP contribution >= 0.6 is 0 Å². The molecule has 1 saturated heterocycles. The Hall–Kier alpha value is -1.62. The fourth-order valence-electron chi connectivity index (χ4n) is 2.15. The van der Waals surface area contributed by atoms with E-state index in [1.54, 1.807) is 17.9 Å². The Labute approximate surface area is 114 Å². The number of esters is 1. The maximum Gasteiger partial charge on any atom is 0.333 e. The molecule has 0 radical (unpaired) electrons. The Morgan fingerprint density at radius 3 is 2.58 bits per heavy atom. The van der Waals surface area contributed by atoms with Crippen LogP contribution in [0.4, 0.5) is 0 Å². The summed E-state index contributed by atoms with van der Waals surface area (Å²) in [5.74, 6) is -0.403. The lowest BCUT2D eigenvalue weighted by atomic mass is 10.1. The molecule has 0 aromatic carbocycles. The van der Waals surface area contributed by atoms with E-state index >= 15 is 0 Å². The van der Waals surface area contributed by atoms with Crippen LogP contribution in [0.3, 0.4) is 0 Å². The van der Waals surface area contributed by atoms with Crippen molar-refractivity contribution >= 4 is 11.9 Å². The average molecular weight is 266 g/mol. The van der Waals surface area contributed by atoms with Gasteiger partial charge < -0.3 is 9.64 Å². The van der Waals surface area contributed by atoms with Crippen LogP contribution in [0.1, 0.15) is 19.8 Å². The molecule has 1 fully saturated rings. The summed E-state index contributed by atoms with van der Waals surface area (Å²) in [6.07, 6.45) is 3.00. The number of carbonyl (C=O) groups is 2. The molecule has 5 heteroatoms. The van der Waals surface area contributed by atoms with E-state index in [9.17, 15) is 9.59 Å². The third kappa shape index (κ3) is 3.04. The van der Waals surface area contributed by atoms with Crippen molar-refractivity contribution in [3.8, 4) is 0 Å². The summed E-state index contributed by atoms with van der Waals surface area (Å²) in [4.78, 5) is 27.1. The molecule has 0 saturated carbocycles. The molecule has 1 aliphatic rings. The molecule has 5 nitrogen and oxygen atoms in total. The zero-order chi connectivity index (χ0) is 14.6. The first-order chi connectivity index (χ1) is 8.85. The van der Waals surface area contributed by atoms with Gasteiger partial charge in [-0.2, -0.15) is 0 Å². The van der Waals surface area contributed by atoms with Crippen LogP contribution in [-0.4, -0.2) is 54.6 Å². The van der Waals surface area contributed by atoms with E-state index < -0.39 is 11.6 Å². The van der Waals surface area contributed by atoms with Crippen LogP contribution in [0.5, 0.6) is 0 Å². The maximum atomic E-state index is 12.0. The molecule has 19 heavy (non-hydrogen) atoms. The van der Waals surface area contributed by atoms with Crippen molar-refractivity contribution < 1.29 is 14.3 Å². The van der Waals surface area contributed by atoms with Crippen LogP contribution in [0.2, 0.25) is 0 Å². The molecule has 0 aromatic rings. The molecule has 1 atom stereocenters. The molecular formula is C14H22N2O3. The fourth-order valence-corrected chi connectivity index (χ4v) is 2.15. The van der Waals surface area contributed by atoms with Crippen molar-refractivity contribution in [2.45, 2.75) is 25.4 Å². The van der Waals surface area contributed by atoms with Crippen molar-refractivity contribution in [1.82, 2.24) is 9.80 Å². The molecule has 1 amide bonds. The highest BCUT2D eigenvalue weighted by molar-refractivity contribution is 5.87. The molecule has 0 bridgehead atoms. The molecule has 106 valence electrons. The quantitative estimate of drug-likeness (QED) is 0.411. The van der Waals surface area contributed by atoms with E-state index in [2.05, 4.69) is 13.2 Å². The predicted octanol–water partition coefficient (Wildman–Crippen LogP) is 1.17. The lowest BCUT2D eigenvalue weighted by Gasteiger charge is -2.43. The summed E-state index contributed by atoms with van der Waals surface area (Å²) in [5, 5.41) is 0. The second-order valence-corrected chi connectivity index (χ2v) is 4.98. The first-order valence-corrected chi connectivity index (χ1v) is 6.29. The van der Waals surface area contributed by atoms with Crippen LogP contribution in [0.25, 0.3) is 0 Å². The Morgan fingerprint density at radius 2 is 2.21 bits per heavy atom. The highest BCUT2D eigenvalue weighted by atomic mass is 16.5. The Kier molecular flexibility index (Phi) is 4.89. The molecule has 1 heterocycles.